The number of aliphatic hydroxyl groups excluding tert-OH is 1. The van der Waals surface area contributed by atoms with Gasteiger partial charge in [-0.25, -0.2) is 0 Å². The zero-order valence-electron chi connectivity index (χ0n) is 20.3. The van der Waals surface area contributed by atoms with Gasteiger partial charge in [0.25, 0.3) is 5.91 Å². The first-order valence-corrected chi connectivity index (χ1v) is 13.3. The third-order valence-electron chi connectivity index (χ3n) is 6.79. The van der Waals surface area contributed by atoms with E-state index in [-0.39, 0.29) is 11.8 Å². The Labute approximate surface area is 214 Å². The molecule has 5 rings (SSSR count). The summed E-state index contributed by atoms with van der Waals surface area (Å²) in [5, 5.41) is 14.1. The molecular weight excluding hydrogens is 470 g/mol. The average molecular weight is 500 g/mol. The molecule has 7 heteroatoms. The highest BCUT2D eigenvalue weighted by Crippen LogP contribution is 2.45. The molecule has 0 bridgehead atoms. The number of hydrogen-bond acceptors (Lipinski definition) is 4. The van der Waals surface area contributed by atoms with Crippen molar-refractivity contribution in [2.24, 2.45) is 0 Å². The van der Waals surface area contributed by atoms with Gasteiger partial charge in [-0.2, -0.15) is 0 Å². The van der Waals surface area contributed by atoms with Crippen LogP contribution in [-0.2, 0) is 4.79 Å². The molecule has 1 aliphatic rings. The molecule has 6 nitrogen and oxygen atoms in total. The van der Waals surface area contributed by atoms with Crippen LogP contribution in [0.5, 0.6) is 0 Å². The van der Waals surface area contributed by atoms with Crippen molar-refractivity contribution in [3.8, 4) is 0 Å². The van der Waals surface area contributed by atoms with Crippen LogP contribution in [0.2, 0.25) is 0 Å². The molecule has 2 heterocycles. The van der Waals surface area contributed by atoms with Crippen LogP contribution >= 0.6 is 11.8 Å². The fourth-order valence-corrected chi connectivity index (χ4v) is 5.51. The number of benzene rings is 3. The van der Waals surface area contributed by atoms with Crippen LogP contribution in [0.3, 0.4) is 0 Å². The van der Waals surface area contributed by atoms with Crippen molar-refractivity contribution >= 4 is 40.2 Å². The third-order valence-corrected chi connectivity index (χ3v) is 7.51. The number of anilines is 1. The number of aromatic amines is 1. The number of thioether (sulfide) groups is 1. The summed E-state index contributed by atoms with van der Waals surface area (Å²) in [5.74, 6) is -0.939. The summed E-state index contributed by atoms with van der Waals surface area (Å²) in [5.41, 5.74) is 3.79. The first-order valence-electron chi connectivity index (χ1n) is 12.1. The lowest BCUT2D eigenvalue weighted by Crippen LogP contribution is -2.46. The summed E-state index contributed by atoms with van der Waals surface area (Å²) >= 11 is 1.61. The van der Waals surface area contributed by atoms with Gasteiger partial charge in [-0.05, 0) is 55.5 Å². The van der Waals surface area contributed by atoms with Gasteiger partial charge >= 0.3 is 0 Å². The van der Waals surface area contributed by atoms with Gasteiger partial charge in [0, 0.05) is 45.4 Å². The topological polar surface area (TPSA) is 85.4 Å². The van der Waals surface area contributed by atoms with Gasteiger partial charge in [0.05, 0.1) is 18.1 Å². The van der Waals surface area contributed by atoms with Crippen LogP contribution in [-0.4, -0.2) is 45.7 Å². The smallest absolute Gasteiger partial charge is 0.254 e. The van der Waals surface area contributed by atoms with E-state index in [9.17, 15) is 14.7 Å². The van der Waals surface area contributed by atoms with E-state index in [0.717, 1.165) is 27.0 Å². The molecule has 0 saturated heterocycles. The number of fused-ring (bicyclic) bond motifs is 2. The average Bonchev–Trinajstić information content (AvgIpc) is 3.31. The van der Waals surface area contributed by atoms with Gasteiger partial charge in [-0.3, -0.25) is 9.59 Å². The Morgan fingerprint density at radius 2 is 1.86 bits per heavy atom. The van der Waals surface area contributed by atoms with Crippen LogP contribution in [0.1, 0.15) is 46.8 Å². The Hall–Kier alpha value is -3.55. The van der Waals surface area contributed by atoms with Crippen molar-refractivity contribution in [2.75, 3.05) is 18.1 Å². The number of amides is 2. The van der Waals surface area contributed by atoms with E-state index in [2.05, 4.69) is 10.3 Å². The predicted octanol–water partition coefficient (Wildman–Crippen LogP) is 5.58. The molecule has 0 aliphatic carbocycles. The highest BCUT2D eigenvalue weighted by Gasteiger charge is 2.44. The Balaban J connectivity index is 1.65. The standard InChI is InChI=1S/C29H29N3O3S/c1-18(33)14-15-32-27(24-17-30-25-13-6-5-10-21(24)25)26(22-11-3-4-12-23(22)29(32)35)28(34)31-19-8-7-9-20(16-19)36-2/h3-13,16-18,26-27,30,33H,14-15H2,1-2H3,(H,31,34). The maximum Gasteiger partial charge on any atom is 0.254 e. The molecule has 184 valence electrons. The molecule has 1 aromatic heterocycles. The molecule has 4 aromatic rings. The Morgan fingerprint density at radius 1 is 1.08 bits per heavy atom. The van der Waals surface area contributed by atoms with Gasteiger partial charge in [-0.15, -0.1) is 11.8 Å². The second kappa shape index (κ2) is 10.2. The van der Waals surface area contributed by atoms with Crippen LogP contribution < -0.4 is 5.32 Å². The van der Waals surface area contributed by atoms with E-state index < -0.39 is 18.1 Å². The number of nitrogens with one attached hydrogen (secondary N) is 2. The lowest BCUT2D eigenvalue weighted by Gasteiger charge is -2.42. The van der Waals surface area contributed by atoms with E-state index >= 15 is 0 Å². The Kier molecular flexibility index (Phi) is 6.85. The lowest BCUT2D eigenvalue weighted by molar-refractivity contribution is -0.119. The quantitative estimate of drug-likeness (QED) is 0.290. The third kappa shape index (κ3) is 4.52. The number of para-hydroxylation sites is 1. The summed E-state index contributed by atoms with van der Waals surface area (Å²) in [6, 6.07) is 22.5. The minimum Gasteiger partial charge on any atom is -0.393 e. The minimum atomic E-state index is -0.634. The normalized spacial score (nSPS) is 18.2. The number of carbonyl (C=O) groups is 2. The number of carbonyl (C=O) groups excluding carboxylic acids is 2. The lowest BCUT2D eigenvalue weighted by atomic mass is 9.79. The van der Waals surface area contributed by atoms with Crippen molar-refractivity contribution in [1.82, 2.24) is 9.88 Å². The first-order chi connectivity index (χ1) is 17.5. The van der Waals surface area contributed by atoms with E-state index in [4.69, 9.17) is 0 Å². The van der Waals surface area contributed by atoms with Gasteiger partial charge in [-0.1, -0.05) is 42.5 Å². The molecule has 3 unspecified atom stereocenters. The largest absolute Gasteiger partial charge is 0.393 e. The SMILES string of the molecule is CSc1cccc(NC(=O)C2c3ccccc3C(=O)N(CCC(C)O)C2c2c[nH]c3ccccc23)c1. The number of nitrogens with zero attached hydrogens (tertiary/aromatic N) is 1. The maximum absolute atomic E-state index is 14.0. The number of H-pyrrole nitrogens is 1. The van der Waals surface area contributed by atoms with E-state index in [0.29, 0.717) is 24.1 Å². The van der Waals surface area contributed by atoms with E-state index in [1.807, 2.05) is 79.2 Å². The van der Waals surface area contributed by atoms with Gasteiger partial charge in [0.1, 0.15) is 0 Å². The highest BCUT2D eigenvalue weighted by molar-refractivity contribution is 7.98. The van der Waals surface area contributed by atoms with Crippen LogP contribution in [0.4, 0.5) is 5.69 Å². The second-order valence-corrected chi connectivity index (χ2v) is 10.0. The molecule has 0 fully saturated rings. The molecule has 2 amide bonds. The Bertz CT molecular complexity index is 1410. The van der Waals surface area contributed by atoms with Crippen molar-refractivity contribution in [1.29, 1.82) is 0 Å². The van der Waals surface area contributed by atoms with Gasteiger partial charge in [0.15, 0.2) is 0 Å². The first kappa shape index (κ1) is 24.2. The Morgan fingerprint density at radius 3 is 2.67 bits per heavy atom. The van der Waals surface area contributed by atoms with Crippen molar-refractivity contribution in [2.45, 2.75) is 36.3 Å². The zero-order chi connectivity index (χ0) is 25.2. The van der Waals surface area contributed by atoms with Crippen molar-refractivity contribution < 1.29 is 14.7 Å². The summed E-state index contributed by atoms with van der Waals surface area (Å²) in [6.45, 7) is 2.05. The molecular formula is C29H29N3O3S. The molecule has 0 spiro atoms. The van der Waals surface area contributed by atoms with Gasteiger partial charge < -0.3 is 20.3 Å². The highest BCUT2D eigenvalue weighted by atomic mass is 32.2. The number of aliphatic hydroxyl groups is 1. The molecule has 0 saturated carbocycles. The van der Waals surface area contributed by atoms with Crippen LogP contribution in [0.15, 0.2) is 83.9 Å². The molecule has 0 radical (unpaired) electrons. The predicted molar refractivity (Wildman–Crippen MR) is 144 cm³/mol. The number of rotatable bonds is 7. The van der Waals surface area contributed by atoms with Crippen LogP contribution in [0, 0.1) is 0 Å². The number of hydrogen-bond donors (Lipinski definition) is 3. The van der Waals surface area contributed by atoms with E-state index in [1.54, 1.807) is 29.7 Å². The molecule has 3 atom stereocenters. The number of aromatic nitrogens is 1. The van der Waals surface area contributed by atoms with Crippen LogP contribution in [0.25, 0.3) is 10.9 Å². The molecule has 36 heavy (non-hydrogen) atoms. The minimum absolute atomic E-state index is 0.130. The zero-order valence-corrected chi connectivity index (χ0v) is 21.1. The maximum atomic E-state index is 14.0. The van der Waals surface area contributed by atoms with Crippen molar-refractivity contribution in [3.05, 3.63) is 95.7 Å². The van der Waals surface area contributed by atoms with Crippen molar-refractivity contribution in [3.63, 3.8) is 0 Å². The molecule has 3 N–H and O–H groups in total. The van der Waals surface area contributed by atoms with E-state index in [1.165, 1.54) is 0 Å². The fraction of sp³-hybridized carbons (Fsp3) is 0.241. The van der Waals surface area contributed by atoms with Gasteiger partial charge in [0.2, 0.25) is 5.91 Å². The summed E-state index contributed by atoms with van der Waals surface area (Å²) in [7, 11) is 0. The summed E-state index contributed by atoms with van der Waals surface area (Å²) in [6.07, 6.45) is 3.74. The summed E-state index contributed by atoms with van der Waals surface area (Å²) < 4.78 is 0. The second-order valence-electron chi connectivity index (χ2n) is 9.16. The fourth-order valence-electron chi connectivity index (χ4n) is 5.05. The summed E-state index contributed by atoms with van der Waals surface area (Å²) in [4.78, 5) is 34.0. The molecule has 3 aromatic carbocycles. The monoisotopic (exact) mass is 499 g/mol. The molecule has 1 aliphatic heterocycles.